The smallest absolute Gasteiger partial charge is 0.115 e. The van der Waals surface area contributed by atoms with Gasteiger partial charge in [-0.05, 0) is 74.6 Å². The number of hydrogen-bond donors (Lipinski definition) is 1. The molecule has 0 bridgehead atoms. The predicted octanol–water partition coefficient (Wildman–Crippen LogP) is 4.62. The van der Waals surface area contributed by atoms with Crippen LogP contribution in [0.2, 0.25) is 0 Å². The number of rotatable bonds is 0. The summed E-state index contributed by atoms with van der Waals surface area (Å²) in [5.41, 5.74) is 6.53. The monoisotopic (exact) mass is 242 g/mol. The number of aromatic hydroxyl groups is 1. The summed E-state index contributed by atoms with van der Waals surface area (Å²) in [6.07, 6.45) is 0. The first kappa shape index (κ1) is 14.3. The molecule has 0 aromatic heterocycles. The predicted molar refractivity (Wildman–Crippen MR) is 78.2 cm³/mol. The van der Waals surface area contributed by atoms with Crippen LogP contribution in [0.4, 0.5) is 0 Å². The van der Waals surface area contributed by atoms with Gasteiger partial charge in [-0.15, -0.1) is 0 Å². The molecular formula is C17H22O. The van der Waals surface area contributed by atoms with Crippen molar-refractivity contribution in [3.05, 3.63) is 64.2 Å². The lowest BCUT2D eigenvalue weighted by Gasteiger charge is -2.00. The molecule has 18 heavy (non-hydrogen) atoms. The fraction of sp³-hybridized carbons (Fsp3) is 0.294. The van der Waals surface area contributed by atoms with Crippen LogP contribution in [0.15, 0.2) is 36.4 Å². The molecule has 0 aliphatic heterocycles. The van der Waals surface area contributed by atoms with Crippen molar-refractivity contribution in [2.45, 2.75) is 34.6 Å². The van der Waals surface area contributed by atoms with Gasteiger partial charge in [0, 0.05) is 0 Å². The van der Waals surface area contributed by atoms with Crippen molar-refractivity contribution in [1.29, 1.82) is 0 Å². The summed E-state index contributed by atoms with van der Waals surface area (Å²) in [7, 11) is 0. The molecule has 0 radical (unpaired) electrons. The molecule has 1 heteroatoms. The maximum Gasteiger partial charge on any atom is 0.115 e. The summed E-state index contributed by atoms with van der Waals surface area (Å²) in [5, 5.41) is 8.94. The topological polar surface area (TPSA) is 20.2 Å². The first-order valence-electron chi connectivity index (χ1n) is 6.21. The first-order chi connectivity index (χ1) is 8.41. The Kier molecular flexibility index (Phi) is 4.96. The van der Waals surface area contributed by atoms with Gasteiger partial charge in [0.25, 0.3) is 0 Å². The minimum absolute atomic E-state index is 0.345. The van der Waals surface area contributed by atoms with E-state index in [1.807, 2.05) is 19.9 Å². The Labute approximate surface area is 110 Å². The minimum Gasteiger partial charge on any atom is -0.508 e. The van der Waals surface area contributed by atoms with Gasteiger partial charge in [-0.2, -0.15) is 0 Å². The third kappa shape index (κ3) is 3.92. The van der Waals surface area contributed by atoms with E-state index in [0.29, 0.717) is 5.75 Å². The molecule has 1 nitrogen and oxygen atoms in total. The van der Waals surface area contributed by atoms with Crippen molar-refractivity contribution >= 4 is 0 Å². The van der Waals surface area contributed by atoms with Crippen LogP contribution in [0.5, 0.6) is 5.75 Å². The number of phenols is 1. The third-order valence-electron chi connectivity index (χ3n) is 3.37. The lowest BCUT2D eigenvalue weighted by molar-refractivity contribution is 0.474. The fourth-order valence-electron chi connectivity index (χ4n) is 1.62. The van der Waals surface area contributed by atoms with Crippen LogP contribution in [0.3, 0.4) is 0 Å². The summed E-state index contributed by atoms with van der Waals surface area (Å²) < 4.78 is 0. The van der Waals surface area contributed by atoms with Gasteiger partial charge in [0.05, 0.1) is 0 Å². The fourth-order valence-corrected chi connectivity index (χ4v) is 1.62. The van der Waals surface area contributed by atoms with Gasteiger partial charge in [0.1, 0.15) is 5.75 Å². The molecule has 96 valence electrons. The lowest BCUT2D eigenvalue weighted by atomic mass is 10.1. The molecule has 2 rings (SSSR count). The molecule has 0 amide bonds. The van der Waals surface area contributed by atoms with Crippen LogP contribution in [-0.4, -0.2) is 5.11 Å². The summed E-state index contributed by atoms with van der Waals surface area (Å²) in [6.45, 7) is 10.4. The number of hydrogen-bond acceptors (Lipinski definition) is 1. The molecule has 0 atom stereocenters. The second kappa shape index (κ2) is 6.25. The third-order valence-corrected chi connectivity index (χ3v) is 3.37. The van der Waals surface area contributed by atoms with E-state index in [9.17, 15) is 0 Å². The van der Waals surface area contributed by atoms with E-state index in [2.05, 4.69) is 39.0 Å². The first-order valence-corrected chi connectivity index (χ1v) is 6.21. The summed E-state index contributed by atoms with van der Waals surface area (Å²) in [6, 6.07) is 11.7. The molecule has 0 spiro atoms. The molecule has 0 fully saturated rings. The Balaban J connectivity index is 0.000000180. The number of phenolic OH excluding ortho intramolecular Hbond substituents is 1. The summed E-state index contributed by atoms with van der Waals surface area (Å²) >= 11 is 0. The highest BCUT2D eigenvalue weighted by Crippen LogP contribution is 2.13. The molecule has 0 aliphatic carbocycles. The molecule has 2 aromatic carbocycles. The largest absolute Gasteiger partial charge is 0.508 e. The second-order valence-corrected chi connectivity index (χ2v) is 4.79. The van der Waals surface area contributed by atoms with E-state index in [1.165, 1.54) is 22.3 Å². The maximum absolute atomic E-state index is 8.94. The van der Waals surface area contributed by atoms with Crippen LogP contribution >= 0.6 is 0 Å². The van der Waals surface area contributed by atoms with Crippen molar-refractivity contribution in [1.82, 2.24) is 0 Å². The van der Waals surface area contributed by atoms with Gasteiger partial charge >= 0.3 is 0 Å². The minimum atomic E-state index is 0.345. The zero-order valence-electron chi connectivity index (χ0n) is 11.9. The van der Waals surface area contributed by atoms with Crippen molar-refractivity contribution in [2.75, 3.05) is 0 Å². The molecule has 1 N–H and O–H groups in total. The van der Waals surface area contributed by atoms with Crippen molar-refractivity contribution < 1.29 is 5.11 Å². The van der Waals surface area contributed by atoms with Crippen LogP contribution < -0.4 is 0 Å². The Hall–Kier alpha value is -1.76. The zero-order valence-corrected chi connectivity index (χ0v) is 11.9. The lowest BCUT2D eigenvalue weighted by Crippen LogP contribution is -1.82. The van der Waals surface area contributed by atoms with E-state index < -0.39 is 0 Å². The molecule has 0 unspecified atom stereocenters. The molecule has 0 aliphatic rings. The van der Waals surface area contributed by atoms with Gasteiger partial charge in [-0.1, -0.05) is 24.3 Å². The molecule has 2 aromatic rings. The SMILES string of the molecule is Cc1ccc(O)cc1C.Cc1cccc(C)c1C. The average Bonchev–Trinajstić information content (AvgIpc) is 2.32. The van der Waals surface area contributed by atoms with Crippen molar-refractivity contribution in [3.63, 3.8) is 0 Å². The average molecular weight is 242 g/mol. The zero-order chi connectivity index (χ0) is 13.7. The number of benzene rings is 2. The Morgan fingerprint density at radius 2 is 1.22 bits per heavy atom. The van der Waals surface area contributed by atoms with Crippen LogP contribution in [0.25, 0.3) is 0 Å². The van der Waals surface area contributed by atoms with Crippen LogP contribution in [-0.2, 0) is 0 Å². The highest BCUT2D eigenvalue weighted by molar-refractivity contribution is 5.32. The number of aryl methyl sites for hydroxylation is 4. The van der Waals surface area contributed by atoms with Crippen LogP contribution in [0.1, 0.15) is 27.8 Å². The second-order valence-electron chi connectivity index (χ2n) is 4.79. The Morgan fingerprint density at radius 1 is 0.667 bits per heavy atom. The summed E-state index contributed by atoms with van der Waals surface area (Å²) in [4.78, 5) is 0. The van der Waals surface area contributed by atoms with Crippen molar-refractivity contribution in [2.24, 2.45) is 0 Å². The van der Waals surface area contributed by atoms with Gasteiger partial charge in [-0.25, -0.2) is 0 Å². The van der Waals surface area contributed by atoms with E-state index >= 15 is 0 Å². The highest BCUT2D eigenvalue weighted by atomic mass is 16.3. The molecule has 0 heterocycles. The van der Waals surface area contributed by atoms with Gasteiger partial charge in [0.15, 0.2) is 0 Å². The normalized spacial score (nSPS) is 9.61. The van der Waals surface area contributed by atoms with E-state index in [-0.39, 0.29) is 0 Å². The molecular weight excluding hydrogens is 220 g/mol. The van der Waals surface area contributed by atoms with Gasteiger partial charge in [-0.3, -0.25) is 0 Å². The van der Waals surface area contributed by atoms with E-state index in [4.69, 9.17) is 5.11 Å². The summed E-state index contributed by atoms with van der Waals surface area (Å²) in [5.74, 6) is 0.345. The Morgan fingerprint density at radius 3 is 1.61 bits per heavy atom. The van der Waals surface area contributed by atoms with E-state index in [1.54, 1.807) is 12.1 Å². The quantitative estimate of drug-likeness (QED) is 0.714. The van der Waals surface area contributed by atoms with E-state index in [0.717, 1.165) is 5.56 Å². The molecule has 0 saturated carbocycles. The maximum atomic E-state index is 8.94. The standard InChI is InChI=1S/C9H12.C8H10O/c1-7-5-4-6-8(2)9(7)3;1-6-3-4-8(9)5-7(6)2/h4-6H,1-3H3;3-5,9H,1-2H3. The van der Waals surface area contributed by atoms with Gasteiger partial charge < -0.3 is 5.11 Å². The highest BCUT2D eigenvalue weighted by Gasteiger charge is 1.92. The van der Waals surface area contributed by atoms with Crippen molar-refractivity contribution in [3.8, 4) is 5.75 Å². The Bertz CT molecular complexity index is 507. The molecule has 0 saturated heterocycles. The van der Waals surface area contributed by atoms with Gasteiger partial charge in [0.2, 0.25) is 0 Å². The van der Waals surface area contributed by atoms with Crippen LogP contribution in [0, 0.1) is 34.6 Å².